The number of carboxylic acids is 1. The number of rotatable bonds is 4. The summed E-state index contributed by atoms with van der Waals surface area (Å²) >= 11 is 0. The third-order valence-electron chi connectivity index (χ3n) is 1.90. The topological polar surface area (TPSA) is 85.4 Å². The first-order chi connectivity index (χ1) is 8.24. The number of aromatic nitrogens is 1. The highest BCUT2D eigenvalue weighted by molar-refractivity contribution is 5.71. The van der Waals surface area contributed by atoms with Crippen molar-refractivity contribution in [3.05, 3.63) is 23.1 Å². The smallest absolute Gasteiger partial charge is 0.481 e. The van der Waals surface area contributed by atoms with Gasteiger partial charge in [0.25, 0.3) is 0 Å². The van der Waals surface area contributed by atoms with E-state index >= 15 is 0 Å². The summed E-state index contributed by atoms with van der Waals surface area (Å²) in [6.45, 7) is -0.322. The van der Waals surface area contributed by atoms with Crippen LogP contribution in [0, 0.1) is 5.82 Å². The second-order valence-corrected chi connectivity index (χ2v) is 3.20. The molecule has 0 spiro atoms. The van der Waals surface area contributed by atoms with Gasteiger partial charge in [0.2, 0.25) is 5.88 Å². The van der Waals surface area contributed by atoms with Crippen molar-refractivity contribution >= 4 is 5.97 Å². The normalized spacial score (nSPS) is 11.4. The molecular formula is C9H8F4N2O3. The Bertz CT molecular complexity index is 462. The van der Waals surface area contributed by atoms with Gasteiger partial charge in [0, 0.05) is 18.3 Å². The van der Waals surface area contributed by atoms with Crippen molar-refractivity contribution in [3.63, 3.8) is 0 Å². The largest absolute Gasteiger partial charge is 0.574 e. The van der Waals surface area contributed by atoms with Crippen LogP contribution in [-0.2, 0) is 17.8 Å². The van der Waals surface area contributed by atoms with Gasteiger partial charge in [0.05, 0.1) is 12.0 Å². The summed E-state index contributed by atoms with van der Waals surface area (Å²) in [4.78, 5) is 13.7. The quantitative estimate of drug-likeness (QED) is 0.801. The average Bonchev–Trinajstić information content (AvgIpc) is 2.21. The number of aliphatic carboxylic acids is 1. The molecule has 1 aromatic heterocycles. The van der Waals surface area contributed by atoms with Gasteiger partial charge in [-0.3, -0.25) is 4.79 Å². The first-order valence-corrected chi connectivity index (χ1v) is 4.58. The summed E-state index contributed by atoms with van der Waals surface area (Å²) in [5, 5.41) is 8.52. The molecule has 1 rings (SSSR count). The van der Waals surface area contributed by atoms with Gasteiger partial charge < -0.3 is 15.6 Å². The molecule has 100 valence electrons. The minimum Gasteiger partial charge on any atom is -0.481 e. The SMILES string of the molecule is NCc1cnc(OC(F)(F)F)c(CC(=O)O)c1F. The van der Waals surface area contributed by atoms with E-state index in [9.17, 15) is 22.4 Å². The van der Waals surface area contributed by atoms with E-state index in [1.807, 2.05) is 0 Å². The van der Waals surface area contributed by atoms with Gasteiger partial charge in [-0.2, -0.15) is 0 Å². The molecule has 0 amide bonds. The summed E-state index contributed by atoms with van der Waals surface area (Å²) < 4.78 is 53.1. The fraction of sp³-hybridized carbons (Fsp3) is 0.333. The highest BCUT2D eigenvalue weighted by Crippen LogP contribution is 2.27. The Labute approximate surface area is 98.2 Å². The lowest BCUT2D eigenvalue weighted by Crippen LogP contribution is -2.21. The first-order valence-electron chi connectivity index (χ1n) is 4.58. The number of hydrogen-bond donors (Lipinski definition) is 2. The van der Waals surface area contributed by atoms with Crippen molar-refractivity contribution < 1.29 is 32.2 Å². The number of carbonyl (C=O) groups is 1. The zero-order valence-corrected chi connectivity index (χ0v) is 8.79. The van der Waals surface area contributed by atoms with Gasteiger partial charge in [0.1, 0.15) is 5.82 Å². The molecule has 0 aliphatic heterocycles. The molecule has 1 aromatic rings. The third kappa shape index (κ3) is 3.55. The van der Waals surface area contributed by atoms with Gasteiger partial charge in [-0.15, -0.1) is 13.2 Å². The molecular weight excluding hydrogens is 260 g/mol. The van der Waals surface area contributed by atoms with Crippen molar-refractivity contribution in [2.45, 2.75) is 19.3 Å². The maximum atomic E-state index is 13.6. The van der Waals surface area contributed by atoms with E-state index in [-0.39, 0.29) is 12.1 Å². The van der Waals surface area contributed by atoms with E-state index in [1.165, 1.54) is 0 Å². The molecule has 9 heteroatoms. The van der Waals surface area contributed by atoms with Crippen molar-refractivity contribution in [2.75, 3.05) is 0 Å². The Balaban J connectivity index is 3.24. The lowest BCUT2D eigenvalue weighted by molar-refractivity contribution is -0.276. The van der Waals surface area contributed by atoms with E-state index in [1.54, 1.807) is 0 Å². The number of carboxylic acid groups (broad SMARTS) is 1. The molecule has 0 bridgehead atoms. The number of hydrogen-bond acceptors (Lipinski definition) is 4. The molecule has 5 nitrogen and oxygen atoms in total. The summed E-state index contributed by atoms with van der Waals surface area (Å²) in [5.41, 5.74) is 4.15. The molecule has 1 heterocycles. The molecule has 0 saturated heterocycles. The van der Waals surface area contributed by atoms with E-state index in [2.05, 4.69) is 9.72 Å². The lowest BCUT2D eigenvalue weighted by Gasteiger charge is -2.13. The Morgan fingerprint density at radius 3 is 2.56 bits per heavy atom. The molecule has 3 N–H and O–H groups in total. The van der Waals surface area contributed by atoms with E-state index in [4.69, 9.17) is 10.8 Å². The Morgan fingerprint density at radius 1 is 1.50 bits per heavy atom. The van der Waals surface area contributed by atoms with Crippen molar-refractivity contribution in [1.82, 2.24) is 4.98 Å². The molecule has 0 unspecified atom stereocenters. The van der Waals surface area contributed by atoms with Crippen molar-refractivity contribution in [1.29, 1.82) is 0 Å². The zero-order chi connectivity index (χ0) is 13.9. The first kappa shape index (κ1) is 14.2. The summed E-state index contributed by atoms with van der Waals surface area (Å²) in [7, 11) is 0. The molecule has 0 aliphatic carbocycles. The van der Waals surface area contributed by atoms with Crippen LogP contribution in [0.1, 0.15) is 11.1 Å². The van der Waals surface area contributed by atoms with Crippen molar-refractivity contribution in [3.8, 4) is 5.88 Å². The van der Waals surface area contributed by atoms with Gasteiger partial charge in [-0.05, 0) is 0 Å². The third-order valence-corrected chi connectivity index (χ3v) is 1.90. The van der Waals surface area contributed by atoms with Gasteiger partial charge in [0.15, 0.2) is 0 Å². The predicted octanol–water partition coefficient (Wildman–Crippen LogP) is 1.21. The molecule has 0 aromatic carbocycles. The Kier molecular flexibility index (Phi) is 4.07. The zero-order valence-electron chi connectivity index (χ0n) is 8.79. The number of nitrogens with zero attached hydrogens (tertiary/aromatic N) is 1. The molecule has 0 atom stereocenters. The molecule has 0 fully saturated rings. The van der Waals surface area contributed by atoms with Crippen LogP contribution in [0.2, 0.25) is 0 Å². The number of alkyl halides is 3. The molecule has 18 heavy (non-hydrogen) atoms. The fourth-order valence-electron chi connectivity index (χ4n) is 1.20. The highest BCUT2D eigenvalue weighted by atomic mass is 19.4. The van der Waals surface area contributed by atoms with Gasteiger partial charge >= 0.3 is 12.3 Å². The maximum Gasteiger partial charge on any atom is 0.574 e. The highest BCUT2D eigenvalue weighted by Gasteiger charge is 2.34. The fourth-order valence-corrected chi connectivity index (χ4v) is 1.20. The second kappa shape index (κ2) is 5.17. The Hall–Kier alpha value is -1.90. The van der Waals surface area contributed by atoms with E-state index < -0.39 is 36.0 Å². The maximum absolute atomic E-state index is 13.6. The average molecular weight is 268 g/mol. The van der Waals surface area contributed by atoms with Crippen molar-refractivity contribution in [2.24, 2.45) is 5.73 Å². The Morgan fingerprint density at radius 2 is 2.11 bits per heavy atom. The molecule has 0 aliphatic rings. The minimum absolute atomic E-state index is 0.194. The lowest BCUT2D eigenvalue weighted by atomic mass is 10.1. The van der Waals surface area contributed by atoms with Crippen LogP contribution in [-0.4, -0.2) is 22.4 Å². The molecule has 0 radical (unpaired) electrons. The van der Waals surface area contributed by atoms with Crippen LogP contribution < -0.4 is 10.5 Å². The van der Waals surface area contributed by atoms with Crippen LogP contribution in [0.25, 0.3) is 0 Å². The number of nitrogens with two attached hydrogens (primary N) is 1. The molecule has 0 saturated carbocycles. The van der Waals surface area contributed by atoms with Crippen LogP contribution in [0.3, 0.4) is 0 Å². The standard InChI is InChI=1S/C9H8F4N2O3/c10-7-4(2-14)3-15-8(18-9(11,12)13)5(7)1-6(16)17/h3H,1-2,14H2,(H,16,17). The number of halogens is 4. The predicted molar refractivity (Wildman–Crippen MR) is 50.1 cm³/mol. The van der Waals surface area contributed by atoms with Gasteiger partial charge in [-0.1, -0.05) is 0 Å². The van der Waals surface area contributed by atoms with Crippen LogP contribution in [0.5, 0.6) is 5.88 Å². The monoisotopic (exact) mass is 268 g/mol. The van der Waals surface area contributed by atoms with E-state index in [0.717, 1.165) is 6.20 Å². The summed E-state index contributed by atoms with van der Waals surface area (Å²) in [5.74, 6) is -3.80. The number of pyridine rings is 1. The second-order valence-electron chi connectivity index (χ2n) is 3.20. The van der Waals surface area contributed by atoms with Crippen LogP contribution in [0.4, 0.5) is 17.6 Å². The van der Waals surface area contributed by atoms with Gasteiger partial charge in [-0.25, -0.2) is 9.37 Å². The number of ether oxygens (including phenoxy) is 1. The minimum atomic E-state index is -5.09. The summed E-state index contributed by atoms with van der Waals surface area (Å²) in [6, 6.07) is 0. The van der Waals surface area contributed by atoms with Crippen LogP contribution in [0.15, 0.2) is 6.20 Å². The summed E-state index contributed by atoms with van der Waals surface area (Å²) in [6.07, 6.45) is -5.31. The van der Waals surface area contributed by atoms with Crippen LogP contribution >= 0.6 is 0 Å². The van der Waals surface area contributed by atoms with E-state index in [0.29, 0.717) is 0 Å².